The van der Waals surface area contributed by atoms with E-state index in [4.69, 9.17) is 34.0 Å². The summed E-state index contributed by atoms with van der Waals surface area (Å²) in [6.07, 6.45) is -2.90. The van der Waals surface area contributed by atoms with Gasteiger partial charge in [-0.2, -0.15) is 4.31 Å². The van der Waals surface area contributed by atoms with E-state index in [2.05, 4.69) is 0 Å². The second-order valence-electron chi connectivity index (χ2n) is 3.79. The molecule has 0 unspecified atom stereocenters. The van der Waals surface area contributed by atoms with Gasteiger partial charge in [-0.15, -0.1) is 0 Å². The average Bonchev–Trinajstić information content (AvgIpc) is 2.25. The molecule has 1 aromatic rings. The number of hydrogen-bond acceptors (Lipinski definition) is 4. The van der Waals surface area contributed by atoms with Crippen molar-refractivity contribution in [2.45, 2.75) is 11.3 Å². The molecule has 5 nitrogen and oxygen atoms in total. The molecule has 20 heavy (non-hydrogen) atoms. The number of rotatable bonds is 6. The van der Waals surface area contributed by atoms with Crippen LogP contribution in [0.25, 0.3) is 0 Å². The van der Waals surface area contributed by atoms with Crippen LogP contribution in [0.2, 0.25) is 10.0 Å². The molecule has 0 aromatic heterocycles. The van der Waals surface area contributed by atoms with Gasteiger partial charge >= 0.3 is 0 Å². The summed E-state index contributed by atoms with van der Waals surface area (Å²) in [5.74, 6) is 0. The fraction of sp³-hybridized carbons (Fsp3) is 0.400. The van der Waals surface area contributed by atoms with Crippen LogP contribution < -0.4 is 5.73 Å². The Morgan fingerprint density at radius 1 is 1.30 bits per heavy atom. The Morgan fingerprint density at radius 2 is 1.80 bits per heavy atom. The highest BCUT2D eigenvalue weighted by atomic mass is 35.5. The molecule has 0 amide bonds. The molecule has 0 aliphatic heterocycles. The molecule has 1 aromatic carbocycles. The SMILES string of the molecule is Nc1cc(Cl)c(S(=O)(=O)N(CCO)CC(F)F)c(Cl)c1. The van der Waals surface area contributed by atoms with Crippen molar-refractivity contribution in [3.63, 3.8) is 0 Å². The maximum absolute atomic E-state index is 12.4. The lowest BCUT2D eigenvalue weighted by molar-refractivity contribution is 0.113. The lowest BCUT2D eigenvalue weighted by atomic mass is 10.3. The van der Waals surface area contributed by atoms with Gasteiger partial charge in [-0.25, -0.2) is 17.2 Å². The molecular weight excluding hydrogens is 337 g/mol. The van der Waals surface area contributed by atoms with E-state index in [9.17, 15) is 17.2 Å². The van der Waals surface area contributed by atoms with Gasteiger partial charge in [-0.3, -0.25) is 0 Å². The van der Waals surface area contributed by atoms with E-state index in [1.165, 1.54) is 0 Å². The summed E-state index contributed by atoms with van der Waals surface area (Å²) >= 11 is 11.6. The van der Waals surface area contributed by atoms with E-state index in [1.807, 2.05) is 0 Å². The highest BCUT2D eigenvalue weighted by molar-refractivity contribution is 7.89. The first kappa shape index (κ1) is 17.4. The molecule has 10 heteroatoms. The van der Waals surface area contributed by atoms with E-state index >= 15 is 0 Å². The molecule has 114 valence electrons. The maximum atomic E-state index is 12.4. The Morgan fingerprint density at radius 3 is 2.20 bits per heavy atom. The van der Waals surface area contributed by atoms with Crippen LogP contribution in [0, 0.1) is 0 Å². The Balaban J connectivity index is 3.33. The third-order valence-electron chi connectivity index (χ3n) is 2.31. The first-order valence-electron chi connectivity index (χ1n) is 5.33. The van der Waals surface area contributed by atoms with Gasteiger partial charge in [-0.05, 0) is 12.1 Å². The lowest BCUT2D eigenvalue weighted by Crippen LogP contribution is -2.37. The van der Waals surface area contributed by atoms with Crippen LogP contribution in [0.1, 0.15) is 0 Å². The molecule has 0 radical (unpaired) electrons. The van der Waals surface area contributed by atoms with E-state index < -0.39 is 41.0 Å². The monoisotopic (exact) mass is 348 g/mol. The molecular formula is C10H12Cl2F2N2O3S. The van der Waals surface area contributed by atoms with Gasteiger partial charge in [0.15, 0.2) is 0 Å². The number of anilines is 1. The number of hydrogen-bond donors (Lipinski definition) is 2. The summed E-state index contributed by atoms with van der Waals surface area (Å²) in [5, 5.41) is 8.26. The summed E-state index contributed by atoms with van der Waals surface area (Å²) in [4.78, 5) is -0.510. The van der Waals surface area contributed by atoms with Crippen LogP contribution in [0.15, 0.2) is 17.0 Å². The third kappa shape index (κ3) is 3.92. The van der Waals surface area contributed by atoms with Crippen molar-refractivity contribution in [2.24, 2.45) is 0 Å². The number of nitrogen functional groups attached to an aromatic ring is 1. The number of nitrogens with zero attached hydrogens (tertiary/aromatic N) is 1. The lowest BCUT2D eigenvalue weighted by Gasteiger charge is -2.22. The standard InChI is InChI=1S/C10H12Cl2F2N2O3S/c11-7-3-6(15)4-8(12)10(7)20(18,19)16(1-2-17)5-9(13)14/h3-4,9,17H,1-2,5,15H2. The minimum Gasteiger partial charge on any atom is -0.399 e. The molecule has 0 bridgehead atoms. The molecule has 0 aliphatic rings. The number of sulfonamides is 1. The zero-order valence-electron chi connectivity index (χ0n) is 10.1. The summed E-state index contributed by atoms with van der Waals surface area (Å²) in [7, 11) is -4.36. The van der Waals surface area contributed by atoms with E-state index in [0.29, 0.717) is 4.31 Å². The first-order chi connectivity index (χ1) is 9.20. The van der Waals surface area contributed by atoms with Crippen molar-refractivity contribution < 1.29 is 22.3 Å². The molecule has 0 heterocycles. The predicted octanol–water partition coefficient (Wildman–Crippen LogP) is 1.82. The van der Waals surface area contributed by atoms with Crippen LogP contribution in [0.5, 0.6) is 0 Å². The van der Waals surface area contributed by atoms with Crippen LogP contribution in [0.4, 0.5) is 14.5 Å². The number of halogens is 4. The van der Waals surface area contributed by atoms with Crippen molar-refractivity contribution in [3.05, 3.63) is 22.2 Å². The smallest absolute Gasteiger partial charge is 0.252 e. The fourth-order valence-electron chi connectivity index (χ4n) is 1.53. The van der Waals surface area contributed by atoms with E-state index in [0.717, 1.165) is 12.1 Å². The first-order valence-corrected chi connectivity index (χ1v) is 7.53. The van der Waals surface area contributed by atoms with Gasteiger partial charge in [0.05, 0.1) is 23.2 Å². The van der Waals surface area contributed by atoms with Gasteiger partial charge in [0.1, 0.15) is 4.90 Å². The van der Waals surface area contributed by atoms with Crippen molar-refractivity contribution in [2.75, 3.05) is 25.4 Å². The van der Waals surface area contributed by atoms with E-state index in [-0.39, 0.29) is 15.7 Å². The van der Waals surface area contributed by atoms with Crippen LogP contribution in [-0.2, 0) is 10.0 Å². The second kappa shape index (κ2) is 6.86. The Labute approximate surface area is 124 Å². The molecule has 0 atom stereocenters. The molecule has 3 N–H and O–H groups in total. The predicted molar refractivity (Wildman–Crippen MR) is 72.7 cm³/mol. The molecule has 0 aliphatic carbocycles. The summed E-state index contributed by atoms with van der Waals surface area (Å²) in [6.45, 7) is -2.18. The van der Waals surface area contributed by atoms with Crippen molar-refractivity contribution in [1.82, 2.24) is 4.31 Å². The summed E-state index contributed by atoms with van der Waals surface area (Å²) < 4.78 is 49.9. The molecule has 0 spiro atoms. The summed E-state index contributed by atoms with van der Waals surface area (Å²) in [6, 6.07) is 2.31. The van der Waals surface area contributed by atoms with Crippen LogP contribution >= 0.6 is 23.2 Å². The number of benzene rings is 1. The maximum Gasteiger partial charge on any atom is 0.252 e. The number of alkyl halides is 2. The zero-order valence-corrected chi connectivity index (χ0v) is 12.4. The molecule has 0 saturated carbocycles. The van der Waals surface area contributed by atoms with Crippen molar-refractivity contribution in [1.29, 1.82) is 0 Å². The second-order valence-corrected chi connectivity index (χ2v) is 6.48. The minimum atomic E-state index is -4.36. The van der Waals surface area contributed by atoms with Gasteiger partial charge in [0.2, 0.25) is 10.0 Å². The van der Waals surface area contributed by atoms with Crippen LogP contribution in [-0.4, -0.2) is 44.0 Å². The molecule has 0 fully saturated rings. The highest BCUT2D eigenvalue weighted by Crippen LogP contribution is 2.34. The highest BCUT2D eigenvalue weighted by Gasteiger charge is 2.31. The van der Waals surface area contributed by atoms with Crippen molar-refractivity contribution in [3.8, 4) is 0 Å². The Kier molecular flexibility index (Phi) is 5.96. The topological polar surface area (TPSA) is 83.6 Å². The average molecular weight is 349 g/mol. The van der Waals surface area contributed by atoms with Gasteiger partial charge in [-0.1, -0.05) is 23.2 Å². The summed E-state index contributed by atoms with van der Waals surface area (Å²) in [5.41, 5.74) is 5.59. The third-order valence-corrected chi connectivity index (χ3v) is 5.10. The van der Waals surface area contributed by atoms with Gasteiger partial charge in [0, 0.05) is 12.2 Å². The number of aliphatic hydroxyl groups excluding tert-OH is 1. The minimum absolute atomic E-state index is 0.140. The Bertz CT molecular complexity index is 561. The van der Waals surface area contributed by atoms with Crippen LogP contribution in [0.3, 0.4) is 0 Å². The quantitative estimate of drug-likeness (QED) is 0.768. The normalized spacial score (nSPS) is 12.3. The largest absolute Gasteiger partial charge is 0.399 e. The number of nitrogens with two attached hydrogens (primary N) is 1. The fourth-order valence-corrected chi connectivity index (χ4v) is 4.12. The Hall–Kier alpha value is -0.670. The van der Waals surface area contributed by atoms with Gasteiger partial charge in [0.25, 0.3) is 6.43 Å². The molecule has 0 saturated heterocycles. The van der Waals surface area contributed by atoms with Crippen molar-refractivity contribution >= 4 is 38.9 Å². The number of aliphatic hydroxyl groups is 1. The molecule has 1 rings (SSSR count). The zero-order chi connectivity index (χ0) is 15.5. The van der Waals surface area contributed by atoms with E-state index in [1.54, 1.807) is 0 Å². The van der Waals surface area contributed by atoms with Gasteiger partial charge < -0.3 is 10.8 Å².